The molecule has 0 aliphatic heterocycles. The fourth-order valence-corrected chi connectivity index (χ4v) is 2.82. The molecule has 0 aliphatic rings. The molecule has 0 bridgehead atoms. The summed E-state index contributed by atoms with van der Waals surface area (Å²) >= 11 is 1.14. The minimum atomic E-state index is -4.49. The SMILES string of the molecule is Cc1nn(C)cc1Nc1nnc(-c2cc(C(F)(F)F)nn2C)s1. The van der Waals surface area contributed by atoms with Crippen LogP contribution in [0.1, 0.15) is 11.4 Å². The zero-order valence-electron chi connectivity index (χ0n) is 12.4. The van der Waals surface area contributed by atoms with Crippen LogP contribution in [0.2, 0.25) is 0 Å². The molecule has 3 aromatic heterocycles. The zero-order valence-corrected chi connectivity index (χ0v) is 13.2. The quantitative estimate of drug-likeness (QED) is 0.792. The Morgan fingerprint density at radius 2 is 1.91 bits per heavy atom. The highest BCUT2D eigenvalue weighted by Gasteiger charge is 2.35. The van der Waals surface area contributed by atoms with Crippen molar-refractivity contribution < 1.29 is 13.2 Å². The van der Waals surface area contributed by atoms with Gasteiger partial charge in [-0.05, 0) is 13.0 Å². The van der Waals surface area contributed by atoms with Gasteiger partial charge < -0.3 is 5.32 Å². The number of halogens is 3. The lowest BCUT2D eigenvalue weighted by Crippen LogP contribution is -2.06. The smallest absolute Gasteiger partial charge is 0.327 e. The molecule has 0 aliphatic carbocycles. The standard InChI is InChI=1S/C12H12F3N7S/c1-6-7(5-21(2)19-6)16-11-18-17-10(23-11)8-4-9(12(13,14)15)20-22(8)3/h4-5H,1-3H3,(H,16,18). The predicted octanol–water partition coefficient (Wildman–Crippen LogP) is 2.74. The first-order valence-electron chi connectivity index (χ1n) is 6.46. The molecule has 0 saturated carbocycles. The Labute approximate surface area is 132 Å². The molecule has 23 heavy (non-hydrogen) atoms. The van der Waals surface area contributed by atoms with Gasteiger partial charge in [0.25, 0.3) is 0 Å². The van der Waals surface area contributed by atoms with Crippen molar-refractivity contribution in [3.8, 4) is 10.7 Å². The van der Waals surface area contributed by atoms with Crippen molar-refractivity contribution in [1.29, 1.82) is 0 Å². The highest BCUT2D eigenvalue weighted by Crippen LogP contribution is 2.33. The second-order valence-corrected chi connectivity index (χ2v) is 5.85. The van der Waals surface area contributed by atoms with Gasteiger partial charge in [0.1, 0.15) is 0 Å². The van der Waals surface area contributed by atoms with Crippen LogP contribution in [0.4, 0.5) is 24.0 Å². The maximum absolute atomic E-state index is 12.7. The summed E-state index contributed by atoms with van der Waals surface area (Å²) in [5.41, 5.74) is 0.842. The normalized spacial score (nSPS) is 11.9. The lowest BCUT2D eigenvalue weighted by molar-refractivity contribution is -0.141. The highest BCUT2D eigenvalue weighted by molar-refractivity contribution is 7.18. The third kappa shape index (κ3) is 3.04. The van der Waals surface area contributed by atoms with Gasteiger partial charge in [-0.25, -0.2) is 0 Å². The molecule has 3 heterocycles. The summed E-state index contributed by atoms with van der Waals surface area (Å²) in [6.45, 7) is 1.83. The van der Waals surface area contributed by atoms with Gasteiger partial charge in [0.15, 0.2) is 10.7 Å². The monoisotopic (exact) mass is 343 g/mol. The van der Waals surface area contributed by atoms with E-state index in [-0.39, 0.29) is 5.69 Å². The van der Waals surface area contributed by atoms with Crippen LogP contribution in [0.5, 0.6) is 0 Å². The highest BCUT2D eigenvalue weighted by atomic mass is 32.1. The van der Waals surface area contributed by atoms with E-state index in [1.807, 2.05) is 6.92 Å². The number of aromatic nitrogens is 6. The number of aryl methyl sites for hydroxylation is 3. The molecule has 0 spiro atoms. The lowest BCUT2D eigenvalue weighted by atomic mass is 10.3. The Kier molecular flexibility index (Phi) is 3.59. The molecule has 0 radical (unpaired) electrons. The van der Waals surface area contributed by atoms with E-state index in [0.29, 0.717) is 10.1 Å². The fourth-order valence-electron chi connectivity index (χ4n) is 2.02. The van der Waals surface area contributed by atoms with Crippen molar-refractivity contribution in [3.63, 3.8) is 0 Å². The van der Waals surface area contributed by atoms with E-state index in [4.69, 9.17) is 0 Å². The summed E-state index contributed by atoms with van der Waals surface area (Å²) in [5, 5.41) is 19.4. The van der Waals surface area contributed by atoms with Gasteiger partial charge in [-0.2, -0.15) is 23.4 Å². The van der Waals surface area contributed by atoms with E-state index >= 15 is 0 Å². The second-order valence-electron chi connectivity index (χ2n) is 4.88. The third-order valence-corrected chi connectivity index (χ3v) is 3.93. The van der Waals surface area contributed by atoms with Gasteiger partial charge in [0, 0.05) is 20.3 Å². The number of rotatable bonds is 3. The maximum Gasteiger partial charge on any atom is 0.435 e. The van der Waals surface area contributed by atoms with Crippen LogP contribution in [0, 0.1) is 6.92 Å². The van der Waals surface area contributed by atoms with Crippen LogP contribution in [0.15, 0.2) is 12.3 Å². The van der Waals surface area contributed by atoms with E-state index in [9.17, 15) is 13.2 Å². The van der Waals surface area contributed by atoms with Crippen molar-refractivity contribution in [1.82, 2.24) is 29.8 Å². The van der Waals surface area contributed by atoms with Gasteiger partial charge >= 0.3 is 6.18 Å². The summed E-state index contributed by atoms with van der Waals surface area (Å²) < 4.78 is 40.9. The third-order valence-electron chi connectivity index (χ3n) is 3.07. The first kappa shape index (κ1) is 15.5. The second kappa shape index (κ2) is 5.33. The van der Waals surface area contributed by atoms with Crippen LogP contribution in [-0.2, 0) is 20.3 Å². The summed E-state index contributed by atoms with van der Waals surface area (Å²) in [4.78, 5) is 0. The lowest BCUT2D eigenvalue weighted by Gasteiger charge is -1.98. The number of hydrogen-bond acceptors (Lipinski definition) is 6. The summed E-state index contributed by atoms with van der Waals surface area (Å²) in [5.74, 6) is 0. The van der Waals surface area contributed by atoms with Gasteiger partial charge in [-0.1, -0.05) is 11.3 Å². The molecule has 7 nitrogen and oxygen atoms in total. The summed E-state index contributed by atoms with van der Waals surface area (Å²) in [6.07, 6.45) is -2.71. The van der Waals surface area contributed by atoms with Gasteiger partial charge in [-0.15, -0.1) is 10.2 Å². The molecule has 3 aromatic rings. The molecule has 0 fully saturated rings. The summed E-state index contributed by atoms with van der Waals surface area (Å²) in [6, 6.07) is 0.958. The van der Waals surface area contributed by atoms with E-state index in [2.05, 4.69) is 25.7 Å². The molecular formula is C12H12F3N7S. The largest absolute Gasteiger partial charge is 0.435 e. The van der Waals surface area contributed by atoms with Crippen molar-refractivity contribution >= 4 is 22.2 Å². The number of alkyl halides is 3. The van der Waals surface area contributed by atoms with Crippen LogP contribution in [-0.4, -0.2) is 29.8 Å². The molecule has 122 valence electrons. The Hall–Kier alpha value is -2.43. The number of nitrogens with one attached hydrogen (secondary N) is 1. The van der Waals surface area contributed by atoms with E-state index in [0.717, 1.165) is 33.5 Å². The van der Waals surface area contributed by atoms with E-state index in [1.165, 1.54) is 7.05 Å². The number of nitrogens with zero attached hydrogens (tertiary/aromatic N) is 6. The van der Waals surface area contributed by atoms with Gasteiger partial charge in [0.05, 0.1) is 17.1 Å². The molecule has 0 saturated heterocycles. The molecule has 11 heteroatoms. The predicted molar refractivity (Wildman–Crippen MR) is 78.3 cm³/mol. The molecule has 0 atom stereocenters. The van der Waals surface area contributed by atoms with Crippen molar-refractivity contribution in [2.24, 2.45) is 14.1 Å². The van der Waals surface area contributed by atoms with Crippen LogP contribution < -0.4 is 5.32 Å². The van der Waals surface area contributed by atoms with Crippen molar-refractivity contribution in [2.45, 2.75) is 13.1 Å². The fraction of sp³-hybridized carbons (Fsp3) is 0.333. The zero-order chi connectivity index (χ0) is 16.8. The van der Waals surface area contributed by atoms with Crippen LogP contribution in [0.25, 0.3) is 10.7 Å². The van der Waals surface area contributed by atoms with Crippen molar-refractivity contribution in [3.05, 3.63) is 23.7 Å². The van der Waals surface area contributed by atoms with E-state index in [1.54, 1.807) is 17.9 Å². The molecule has 3 rings (SSSR count). The minimum Gasteiger partial charge on any atom is -0.327 e. The first-order valence-corrected chi connectivity index (χ1v) is 7.28. The minimum absolute atomic E-state index is 0.255. The molecule has 0 amide bonds. The average molecular weight is 343 g/mol. The molecule has 0 unspecified atom stereocenters. The van der Waals surface area contributed by atoms with Crippen LogP contribution in [0.3, 0.4) is 0 Å². The van der Waals surface area contributed by atoms with Gasteiger partial charge in [-0.3, -0.25) is 9.36 Å². The molecule has 1 N–H and O–H groups in total. The van der Waals surface area contributed by atoms with Gasteiger partial charge in [0.2, 0.25) is 5.13 Å². The Morgan fingerprint density at radius 1 is 1.17 bits per heavy atom. The molecular weight excluding hydrogens is 331 g/mol. The Balaban J connectivity index is 1.87. The van der Waals surface area contributed by atoms with Crippen molar-refractivity contribution in [2.75, 3.05) is 5.32 Å². The Bertz CT molecular complexity index is 845. The van der Waals surface area contributed by atoms with E-state index < -0.39 is 11.9 Å². The summed E-state index contributed by atoms with van der Waals surface area (Å²) in [7, 11) is 3.22. The number of hydrogen-bond donors (Lipinski definition) is 1. The number of anilines is 2. The average Bonchev–Trinajstić information content (AvgIpc) is 3.10. The van der Waals surface area contributed by atoms with Crippen LogP contribution >= 0.6 is 11.3 Å². The topological polar surface area (TPSA) is 73.5 Å². The molecule has 0 aromatic carbocycles. The maximum atomic E-state index is 12.7. The first-order chi connectivity index (χ1) is 10.7. The Morgan fingerprint density at radius 3 is 2.48 bits per heavy atom.